The standard InChI is InChI=1S/C16H30N2O2.ClH/c1-2-20-15(13-6-3-4-7-13)9-11-18-16(19)14-8-5-10-17-12-14;/h13-15,17H,2-12H2,1H3,(H,18,19);1H. The summed E-state index contributed by atoms with van der Waals surface area (Å²) in [5.74, 6) is 1.10. The summed E-state index contributed by atoms with van der Waals surface area (Å²) in [5.41, 5.74) is 0. The molecule has 0 aromatic rings. The molecule has 1 aliphatic carbocycles. The number of piperidine rings is 1. The van der Waals surface area contributed by atoms with E-state index in [9.17, 15) is 4.79 Å². The molecular weight excluding hydrogens is 288 g/mol. The van der Waals surface area contributed by atoms with Crippen molar-refractivity contribution < 1.29 is 9.53 Å². The Labute approximate surface area is 135 Å². The number of carbonyl (C=O) groups is 1. The van der Waals surface area contributed by atoms with Crippen molar-refractivity contribution in [2.75, 3.05) is 26.2 Å². The number of halogens is 1. The minimum Gasteiger partial charge on any atom is -0.378 e. The Kier molecular flexibility index (Phi) is 9.29. The Morgan fingerprint density at radius 1 is 1.29 bits per heavy atom. The van der Waals surface area contributed by atoms with Crippen LogP contribution in [-0.2, 0) is 9.53 Å². The van der Waals surface area contributed by atoms with Crippen LogP contribution in [0.5, 0.6) is 0 Å². The highest BCUT2D eigenvalue weighted by molar-refractivity contribution is 5.85. The van der Waals surface area contributed by atoms with E-state index < -0.39 is 0 Å². The van der Waals surface area contributed by atoms with E-state index in [-0.39, 0.29) is 24.2 Å². The maximum atomic E-state index is 12.1. The number of ether oxygens (including phenoxy) is 1. The zero-order chi connectivity index (χ0) is 14.2. The summed E-state index contributed by atoms with van der Waals surface area (Å²) in [5, 5.41) is 6.40. The van der Waals surface area contributed by atoms with E-state index in [1.807, 2.05) is 0 Å². The Bertz CT molecular complexity index is 290. The van der Waals surface area contributed by atoms with E-state index in [2.05, 4.69) is 17.6 Å². The van der Waals surface area contributed by atoms with Crippen molar-refractivity contribution in [1.82, 2.24) is 10.6 Å². The highest BCUT2D eigenvalue weighted by Gasteiger charge is 2.26. The summed E-state index contributed by atoms with van der Waals surface area (Å²) in [7, 11) is 0. The number of hydrogen-bond donors (Lipinski definition) is 2. The van der Waals surface area contributed by atoms with E-state index in [1.54, 1.807) is 0 Å². The number of carbonyl (C=O) groups excluding carboxylic acids is 1. The van der Waals surface area contributed by atoms with Gasteiger partial charge in [0.2, 0.25) is 5.91 Å². The smallest absolute Gasteiger partial charge is 0.224 e. The largest absolute Gasteiger partial charge is 0.378 e. The predicted octanol–water partition coefficient (Wildman–Crippen LogP) is 2.51. The van der Waals surface area contributed by atoms with Crippen molar-refractivity contribution in [2.45, 2.75) is 58.0 Å². The quantitative estimate of drug-likeness (QED) is 0.758. The van der Waals surface area contributed by atoms with Crippen LogP contribution in [0.2, 0.25) is 0 Å². The Hall–Kier alpha value is -0.320. The summed E-state index contributed by atoms with van der Waals surface area (Å²) in [4.78, 5) is 12.1. The van der Waals surface area contributed by atoms with E-state index in [1.165, 1.54) is 25.7 Å². The molecule has 1 heterocycles. The second kappa shape index (κ2) is 10.4. The fourth-order valence-electron chi connectivity index (χ4n) is 3.56. The van der Waals surface area contributed by atoms with Gasteiger partial charge in [-0.3, -0.25) is 4.79 Å². The topological polar surface area (TPSA) is 50.4 Å². The zero-order valence-electron chi connectivity index (χ0n) is 13.2. The van der Waals surface area contributed by atoms with Gasteiger partial charge in [-0.05, 0) is 51.5 Å². The van der Waals surface area contributed by atoms with Crippen molar-refractivity contribution in [3.05, 3.63) is 0 Å². The van der Waals surface area contributed by atoms with Crippen molar-refractivity contribution >= 4 is 18.3 Å². The molecule has 0 aromatic carbocycles. The van der Waals surface area contributed by atoms with Crippen LogP contribution in [0.1, 0.15) is 51.9 Å². The fourth-order valence-corrected chi connectivity index (χ4v) is 3.56. The van der Waals surface area contributed by atoms with Crippen LogP contribution in [0.15, 0.2) is 0 Å². The lowest BCUT2D eigenvalue weighted by atomic mass is 9.97. The highest BCUT2D eigenvalue weighted by Crippen LogP contribution is 2.30. The van der Waals surface area contributed by atoms with Crippen LogP contribution in [0.4, 0.5) is 0 Å². The molecule has 0 radical (unpaired) electrons. The number of rotatable bonds is 7. The molecule has 21 heavy (non-hydrogen) atoms. The molecule has 124 valence electrons. The van der Waals surface area contributed by atoms with Gasteiger partial charge in [-0.1, -0.05) is 12.8 Å². The van der Waals surface area contributed by atoms with E-state index in [4.69, 9.17) is 4.74 Å². The summed E-state index contributed by atoms with van der Waals surface area (Å²) in [6, 6.07) is 0. The average Bonchev–Trinajstić information content (AvgIpc) is 3.01. The lowest BCUT2D eigenvalue weighted by Gasteiger charge is -2.25. The first-order valence-electron chi connectivity index (χ1n) is 8.41. The third kappa shape index (κ3) is 6.13. The summed E-state index contributed by atoms with van der Waals surface area (Å²) < 4.78 is 5.89. The van der Waals surface area contributed by atoms with Gasteiger partial charge in [0.25, 0.3) is 0 Å². The molecule has 2 N–H and O–H groups in total. The number of amides is 1. The molecule has 0 bridgehead atoms. The van der Waals surface area contributed by atoms with Gasteiger partial charge in [-0.2, -0.15) is 0 Å². The average molecular weight is 319 g/mol. The summed E-state index contributed by atoms with van der Waals surface area (Å²) in [6.45, 7) is 5.49. The molecule has 0 aromatic heterocycles. The van der Waals surface area contributed by atoms with Crippen molar-refractivity contribution in [3.63, 3.8) is 0 Å². The summed E-state index contributed by atoms with van der Waals surface area (Å²) >= 11 is 0. The third-order valence-corrected chi connectivity index (χ3v) is 4.70. The van der Waals surface area contributed by atoms with Gasteiger partial charge in [-0.25, -0.2) is 0 Å². The lowest BCUT2D eigenvalue weighted by molar-refractivity contribution is -0.125. The number of nitrogens with one attached hydrogen (secondary N) is 2. The predicted molar refractivity (Wildman–Crippen MR) is 87.8 cm³/mol. The minimum atomic E-state index is 0. The van der Waals surface area contributed by atoms with Crippen LogP contribution in [-0.4, -0.2) is 38.3 Å². The van der Waals surface area contributed by atoms with Crippen molar-refractivity contribution in [1.29, 1.82) is 0 Å². The first-order valence-corrected chi connectivity index (χ1v) is 8.41. The number of hydrogen-bond acceptors (Lipinski definition) is 3. The molecule has 2 fully saturated rings. The van der Waals surface area contributed by atoms with Crippen LogP contribution >= 0.6 is 12.4 Å². The van der Waals surface area contributed by atoms with E-state index in [0.717, 1.165) is 45.5 Å². The zero-order valence-corrected chi connectivity index (χ0v) is 14.1. The molecule has 0 spiro atoms. The molecule has 2 unspecified atom stereocenters. The van der Waals surface area contributed by atoms with Crippen LogP contribution in [0.3, 0.4) is 0 Å². The molecule has 1 saturated carbocycles. The second-order valence-electron chi connectivity index (χ2n) is 6.16. The molecule has 1 amide bonds. The molecule has 1 saturated heterocycles. The highest BCUT2D eigenvalue weighted by atomic mass is 35.5. The molecule has 2 rings (SSSR count). The monoisotopic (exact) mass is 318 g/mol. The minimum absolute atomic E-state index is 0. The Morgan fingerprint density at radius 2 is 2.05 bits per heavy atom. The first kappa shape index (κ1) is 18.7. The van der Waals surface area contributed by atoms with Crippen molar-refractivity contribution in [3.8, 4) is 0 Å². The molecule has 2 aliphatic rings. The molecule has 2 atom stereocenters. The van der Waals surface area contributed by atoms with Gasteiger partial charge in [0, 0.05) is 19.7 Å². The second-order valence-corrected chi connectivity index (χ2v) is 6.16. The maximum Gasteiger partial charge on any atom is 0.224 e. The molecular formula is C16H31ClN2O2. The maximum absolute atomic E-state index is 12.1. The Balaban J connectivity index is 0.00000220. The first-order chi connectivity index (χ1) is 9.81. The van der Waals surface area contributed by atoms with Crippen molar-refractivity contribution in [2.24, 2.45) is 11.8 Å². The molecule has 4 nitrogen and oxygen atoms in total. The Morgan fingerprint density at radius 3 is 2.67 bits per heavy atom. The normalized spacial score (nSPS) is 24.3. The van der Waals surface area contributed by atoms with Gasteiger partial charge >= 0.3 is 0 Å². The molecule has 1 aliphatic heterocycles. The van der Waals surface area contributed by atoms with E-state index in [0.29, 0.717) is 12.0 Å². The SMILES string of the molecule is CCOC(CCNC(=O)C1CCCNC1)C1CCCC1.Cl. The summed E-state index contributed by atoms with van der Waals surface area (Å²) in [6.07, 6.45) is 8.72. The van der Waals surface area contributed by atoms with Gasteiger partial charge in [0.15, 0.2) is 0 Å². The van der Waals surface area contributed by atoms with Crippen LogP contribution < -0.4 is 10.6 Å². The van der Waals surface area contributed by atoms with Gasteiger partial charge in [-0.15, -0.1) is 12.4 Å². The molecule has 5 heteroatoms. The van der Waals surface area contributed by atoms with E-state index >= 15 is 0 Å². The van der Waals surface area contributed by atoms with Gasteiger partial charge in [0.05, 0.1) is 12.0 Å². The third-order valence-electron chi connectivity index (χ3n) is 4.70. The van der Waals surface area contributed by atoms with Gasteiger partial charge < -0.3 is 15.4 Å². The van der Waals surface area contributed by atoms with Crippen LogP contribution in [0, 0.1) is 11.8 Å². The fraction of sp³-hybridized carbons (Fsp3) is 0.938. The van der Waals surface area contributed by atoms with Crippen LogP contribution in [0.25, 0.3) is 0 Å². The lowest BCUT2D eigenvalue weighted by Crippen LogP contribution is -2.41. The van der Waals surface area contributed by atoms with Gasteiger partial charge in [0.1, 0.15) is 0 Å².